The highest BCUT2D eigenvalue weighted by atomic mass is 19.0. The summed E-state index contributed by atoms with van der Waals surface area (Å²) in [6.45, 7) is 0.796. The molecule has 5 nitrogen and oxygen atoms in total. The second-order valence-electron chi connectivity index (χ2n) is 4.50. The summed E-state index contributed by atoms with van der Waals surface area (Å²) in [5.74, 6) is 1.08. The molecule has 112 valence electrons. The van der Waals surface area contributed by atoms with Gasteiger partial charge in [0, 0.05) is 12.1 Å². The maximum Gasteiger partial charge on any atom is 0.310 e. The second kappa shape index (κ2) is 7.09. The zero-order valence-electron chi connectivity index (χ0n) is 11.8. The zero-order chi connectivity index (χ0) is 13.8. The molecule has 1 saturated heterocycles. The molecule has 0 bridgehead atoms. The molecule has 1 N–H and O–H groups in total. The average Bonchev–Trinajstić information content (AvgIpc) is 2.95. The summed E-state index contributed by atoms with van der Waals surface area (Å²) >= 11 is 0. The quantitative estimate of drug-likeness (QED) is 0.853. The molecule has 2 rings (SSSR count). The molecular weight excluding hydrogens is 265 g/mol. The molecule has 0 aliphatic carbocycles. The number of ether oxygens (including phenoxy) is 3. The van der Waals surface area contributed by atoms with Crippen LogP contribution in [0.25, 0.3) is 0 Å². The summed E-state index contributed by atoms with van der Waals surface area (Å²) in [4.78, 5) is 11.8. The number of benzene rings is 1. The van der Waals surface area contributed by atoms with Crippen LogP contribution >= 0.6 is 0 Å². The first-order valence-electron chi connectivity index (χ1n) is 6.23. The minimum atomic E-state index is -0.184. The smallest absolute Gasteiger partial charge is 0.310 e. The largest absolute Gasteiger partial charge is 0.497 e. The summed E-state index contributed by atoms with van der Waals surface area (Å²) in [6.07, 6.45) is 0.775. The Hall–Kier alpha value is -1.82. The van der Waals surface area contributed by atoms with Crippen molar-refractivity contribution >= 4 is 5.97 Å². The van der Waals surface area contributed by atoms with Gasteiger partial charge in [0.25, 0.3) is 0 Å². The Morgan fingerprint density at radius 1 is 1.15 bits per heavy atom. The molecule has 1 heterocycles. The van der Waals surface area contributed by atoms with Gasteiger partial charge in [0.2, 0.25) is 0 Å². The monoisotopic (exact) mass is 285 g/mol. The molecule has 1 aliphatic rings. The molecule has 0 radical (unpaired) electrons. The normalized spacial score (nSPS) is 20.9. The molecule has 0 saturated carbocycles. The van der Waals surface area contributed by atoms with Crippen LogP contribution < -0.4 is 14.8 Å². The van der Waals surface area contributed by atoms with Gasteiger partial charge < -0.3 is 19.5 Å². The van der Waals surface area contributed by atoms with Crippen molar-refractivity contribution in [2.24, 2.45) is 5.92 Å². The van der Waals surface area contributed by atoms with Crippen LogP contribution in [0.3, 0.4) is 0 Å². The van der Waals surface area contributed by atoms with E-state index in [-0.39, 0.29) is 22.6 Å². The predicted octanol–water partition coefficient (Wildman–Crippen LogP) is 1.68. The first kappa shape index (κ1) is 16.2. The predicted molar refractivity (Wildman–Crippen MR) is 72.9 cm³/mol. The van der Waals surface area contributed by atoms with E-state index < -0.39 is 0 Å². The Morgan fingerprint density at radius 2 is 1.75 bits per heavy atom. The molecule has 1 aromatic rings. The van der Waals surface area contributed by atoms with Crippen LogP contribution in [0.1, 0.15) is 18.0 Å². The van der Waals surface area contributed by atoms with E-state index in [4.69, 9.17) is 14.2 Å². The summed E-state index contributed by atoms with van der Waals surface area (Å²) in [5.41, 5.74) is 0.976. The highest BCUT2D eigenvalue weighted by molar-refractivity contribution is 5.74. The second-order valence-corrected chi connectivity index (χ2v) is 4.50. The van der Waals surface area contributed by atoms with Crippen LogP contribution in [-0.4, -0.2) is 33.8 Å². The van der Waals surface area contributed by atoms with Crippen molar-refractivity contribution in [3.8, 4) is 11.5 Å². The Labute approximate surface area is 117 Å². The van der Waals surface area contributed by atoms with Crippen LogP contribution in [0.15, 0.2) is 18.2 Å². The van der Waals surface area contributed by atoms with Gasteiger partial charge in [0.05, 0.1) is 27.2 Å². The van der Waals surface area contributed by atoms with E-state index in [1.807, 2.05) is 18.2 Å². The highest BCUT2D eigenvalue weighted by Crippen LogP contribution is 2.34. The van der Waals surface area contributed by atoms with Gasteiger partial charge in [0.15, 0.2) is 0 Å². The van der Waals surface area contributed by atoms with Crippen molar-refractivity contribution < 1.29 is 23.7 Å². The molecule has 6 heteroatoms. The lowest BCUT2D eigenvalue weighted by atomic mass is 9.94. The van der Waals surface area contributed by atoms with Crippen molar-refractivity contribution in [2.75, 3.05) is 27.9 Å². The number of esters is 1. The maximum atomic E-state index is 11.8. The van der Waals surface area contributed by atoms with Crippen LogP contribution in [0.5, 0.6) is 11.5 Å². The number of halogens is 1. The minimum absolute atomic E-state index is 0. The molecule has 2 atom stereocenters. The number of carbonyl (C=O) groups is 1. The third kappa shape index (κ3) is 3.19. The van der Waals surface area contributed by atoms with E-state index in [9.17, 15) is 4.79 Å². The van der Waals surface area contributed by atoms with E-state index in [1.54, 1.807) is 14.2 Å². The Balaban J connectivity index is 0.00000200. The standard InChI is InChI=1S/C14H19NO4.FH/c1-17-10-6-9(7-11(8-10)18-2)13-12(4-5-15-13)14(16)19-3;/h6-8,12-13,15H,4-5H2,1-3H3;1H/t12-,13+;/m0./s1. The fraction of sp³-hybridized carbons (Fsp3) is 0.500. The fourth-order valence-electron chi connectivity index (χ4n) is 2.47. The summed E-state index contributed by atoms with van der Waals surface area (Å²) in [7, 11) is 4.64. The van der Waals surface area contributed by atoms with Gasteiger partial charge in [-0.15, -0.1) is 0 Å². The number of carbonyl (C=O) groups excluding carboxylic acids is 1. The Morgan fingerprint density at radius 3 is 2.25 bits per heavy atom. The molecule has 0 aromatic heterocycles. The Kier molecular flexibility index (Phi) is 5.76. The topological polar surface area (TPSA) is 56.8 Å². The van der Waals surface area contributed by atoms with Crippen molar-refractivity contribution in [1.82, 2.24) is 5.32 Å². The Bertz CT molecular complexity index is 444. The van der Waals surface area contributed by atoms with E-state index >= 15 is 0 Å². The van der Waals surface area contributed by atoms with Gasteiger partial charge in [-0.25, -0.2) is 0 Å². The van der Waals surface area contributed by atoms with Crippen LogP contribution in [0.4, 0.5) is 4.70 Å². The first-order valence-corrected chi connectivity index (χ1v) is 6.23. The number of rotatable bonds is 4. The lowest BCUT2D eigenvalue weighted by molar-refractivity contribution is -0.145. The third-order valence-corrected chi connectivity index (χ3v) is 3.46. The molecule has 0 amide bonds. The van der Waals surface area contributed by atoms with Crippen molar-refractivity contribution in [1.29, 1.82) is 0 Å². The number of hydrogen-bond acceptors (Lipinski definition) is 5. The molecule has 0 unspecified atom stereocenters. The maximum absolute atomic E-state index is 11.8. The first-order chi connectivity index (χ1) is 9.19. The lowest BCUT2D eigenvalue weighted by Gasteiger charge is -2.19. The highest BCUT2D eigenvalue weighted by Gasteiger charge is 2.35. The van der Waals surface area contributed by atoms with Crippen LogP contribution in [0.2, 0.25) is 0 Å². The van der Waals surface area contributed by atoms with Gasteiger partial charge >= 0.3 is 5.97 Å². The van der Waals surface area contributed by atoms with Gasteiger partial charge in [0.1, 0.15) is 11.5 Å². The summed E-state index contributed by atoms with van der Waals surface area (Å²) in [6, 6.07) is 5.59. The molecule has 0 spiro atoms. The van der Waals surface area contributed by atoms with E-state index in [1.165, 1.54) is 7.11 Å². The lowest BCUT2D eigenvalue weighted by Crippen LogP contribution is -2.24. The molecular formula is C14H20FNO4. The van der Waals surface area contributed by atoms with Gasteiger partial charge in [-0.1, -0.05) is 0 Å². The van der Waals surface area contributed by atoms with Gasteiger partial charge in [-0.05, 0) is 30.7 Å². The summed E-state index contributed by atoms with van der Waals surface area (Å²) in [5, 5.41) is 3.33. The van der Waals surface area contributed by atoms with E-state index in [0.717, 1.165) is 18.5 Å². The molecule has 1 aromatic carbocycles. The van der Waals surface area contributed by atoms with Gasteiger partial charge in [-0.2, -0.15) is 0 Å². The number of methoxy groups -OCH3 is 3. The molecule has 1 aliphatic heterocycles. The van der Waals surface area contributed by atoms with Gasteiger partial charge in [-0.3, -0.25) is 9.50 Å². The molecule has 20 heavy (non-hydrogen) atoms. The van der Waals surface area contributed by atoms with E-state index in [2.05, 4.69) is 5.32 Å². The SMILES string of the molecule is COC(=O)[C@H]1CCN[C@@H]1c1cc(OC)cc(OC)c1.F. The minimum Gasteiger partial charge on any atom is -0.497 e. The van der Waals surface area contributed by atoms with Crippen molar-refractivity contribution in [3.63, 3.8) is 0 Å². The average molecular weight is 285 g/mol. The van der Waals surface area contributed by atoms with Crippen LogP contribution in [-0.2, 0) is 9.53 Å². The van der Waals surface area contributed by atoms with Crippen molar-refractivity contribution in [3.05, 3.63) is 23.8 Å². The molecule has 1 fully saturated rings. The van der Waals surface area contributed by atoms with Crippen LogP contribution in [0, 0.1) is 5.92 Å². The van der Waals surface area contributed by atoms with Crippen molar-refractivity contribution in [2.45, 2.75) is 12.5 Å². The fourth-order valence-corrected chi connectivity index (χ4v) is 2.47. The number of nitrogens with one attached hydrogen (secondary N) is 1. The van der Waals surface area contributed by atoms with E-state index in [0.29, 0.717) is 11.5 Å². The summed E-state index contributed by atoms with van der Waals surface area (Å²) < 4.78 is 15.4. The number of hydrogen-bond donors (Lipinski definition) is 1. The zero-order valence-corrected chi connectivity index (χ0v) is 11.8. The third-order valence-electron chi connectivity index (χ3n) is 3.46.